The Bertz CT molecular complexity index is 502. The van der Waals surface area contributed by atoms with E-state index in [0.717, 1.165) is 7.11 Å². The number of carbonyl (C=O) groups is 1. The second-order valence-electron chi connectivity index (χ2n) is 3.07. The Hall–Kier alpha value is -1.83. The van der Waals surface area contributed by atoms with E-state index in [2.05, 4.69) is 20.7 Å². The number of carbonyl (C=O) groups excluding carboxylic acids is 1. The van der Waals surface area contributed by atoms with Crippen LogP contribution in [0.25, 0.3) is 0 Å². The van der Waals surface area contributed by atoms with Crippen LogP contribution >= 0.6 is 15.9 Å². The molecule has 98 valence electrons. The monoisotopic (exact) mass is 319 g/mol. The van der Waals surface area contributed by atoms with E-state index in [0.29, 0.717) is 0 Å². The van der Waals surface area contributed by atoms with Crippen molar-refractivity contribution < 1.29 is 23.9 Å². The molecule has 0 saturated heterocycles. The lowest BCUT2D eigenvalue weighted by Gasteiger charge is -2.13. The SMILES string of the molecule is COC(=O)c1c(OC)c(Br)cc([N+](=O)[O-])c1OC. The molecule has 0 N–H and O–H groups in total. The fraction of sp³-hybridized carbons (Fsp3) is 0.300. The fourth-order valence-electron chi connectivity index (χ4n) is 1.43. The van der Waals surface area contributed by atoms with Crippen molar-refractivity contribution in [2.75, 3.05) is 21.3 Å². The molecule has 1 aromatic rings. The molecule has 0 bridgehead atoms. The Kier molecular flexibility index (Phi) is 4.49. The molecule has 1 aromatic carbocycles. The molecule has 0 aliphatic heterocycles. The minimum Gasteiger partial charge on any atom is -0.495 e. The maximum absolute atomic E-state index is 11.7. The first-order valence-corrected chi connectivity index (χ1v) is 5.44. The van der Waals surface area contributed by atoms with Crippen molar-refractivity contribution in [2.24, 2.45) is 0 Å². The third-order valence-electron chi connectivity index (χ3n) is 2.16. The number of nitro groups is 1. The molecule has 0 aliphatic rings. The largest absolute Gasteiger partial charge is 0.495 e. The lowest BCUT2D eigenvalue weighted by atomic mass is 10.1. The summed E-state index contributed by atoms with van der Waals surface area (Å²) in [7, 11) is 3.72. The zero-order chi connectivity index (χ0) is 13.9. The summed E-state index contributed by atoms with van der Waals surface area (Å²) in [5, 5.41) is 10.9. The number of nitro benzene ring substituents is 1. The lowest BCUT2D eigenvalue weighted by Crippen LogP contribution is -2.09. The third kappa shape index (κ3) is 2.37. The van der Waals surface area contributed by atoms with Crippen molar-refractivity contribution in [1.82, 2.24) is 0 Å². The second-order valence-corrected chi connectivity index (χ2v) is 3.92. The van der Waals surface area contributed by atoms with Gasteiger partial charge in [0, 0.05) is 6.07 Å². The van der Waals surface area contributed by atoms with Gasteiger partial charge < -0.3 is 14.2 Å². The van der Waals surface area contributed by atoms with Crippen molar-refractivity contribution in [1.29, 1.82) is 0 Å². The molecule has 0 saturated carbocycles. The molecule has 7 nitrogen and oxygen atoms in total. The molecular formula is C10H10BrNO6. The number of methoxy groups -OCH3 is 3. The van der Waals surface area contributed by atoms with Gasteiger partial charge in [-0.1, -0.05) is 0 Å². The molecule has 0 aromatic heterocycles. The average Bonchev–Trinajstić information content (AvgIpc) is 2.36. The van der Waals surface area contributed by atoms with Gasteiger partial charge in [-0.2, -0.15) is 0 Å². The van der Waals surface area contributed by atoms with Crippen molar-refractivity contribution in [3.63, 3.8) is 0 Å². The highest BCUT2D eigenvalue weighted by Crippen LogP contribution is 2.42. The van der Waals surface area contributed by atoms with Crippen LogP contribution in [0, 0.1) is 10.1 Å². The first-order valence-electron chi connectivity index (χ1n) is 4.65. The maximum atomic E-state index is 11.7. The third-order valence-corrected chi connectivity index (χ3v) is 2.75. The maximum Gasteiger partial charge on any atom is 0.345 e. The highest BCUT2D eigenvalue weighted by atomic mass is 79.9. The van der Waals surface area contributed by atoms with Crippen molar-refractivity contribution >= 4 is 27.6 Å². The van der Waals surface area contributed by atoms with Crippen LogP contribution in [-0.4, -0.2) is 32.2 Å². The summed E-state index contributed by atoms with van der Waals surface area (Å²) in [6, 6.07) is 1.20. The molecule has 8 heteroatoms. The van der Waals surface area contributed by atoms with E-state index in [-0.39, 0.29) is 27.2 Å². The zero-order valence-electron chi connectivity index (χ0n) is 9.85. The van der Waals surface area contributed by atoms with Crippen molar-refractivity contribution in [2.45, 2.75) is 0 Å². The van der Waals surface area contributed by atoms with Crippen LogP contribution in [0.2, 0.25) is 0 Å². The average molecular weight is 320 g/mol. The van der Waals surface area contributed by atoms with E-state index < -0.39 is 10.9 Å². The molecule has 0 fully saturated rings. The number of benzene rings is 1. The first-order chi connectivity index (χ1) is 8.47. The van der Waals surface area contributed by atoms with Gasteiger partial charge in [-0.05, 0) is 15.9 Å². The predicted molar refractivity (Wildman–Crippen MR) is 65.2 cm³/mol. The first kappa shape index (κ1) is 14.2. The molecular weight excluding hydrogens is 310 g/mol. The van der Waals surface area contributed by atoms with E-state index in [1.165, 1.54) is 20.3 Å². The smallest absolute Gasteiger partial charge is 0.345 e. The topological polar surface area (TPSA) is 87.9 Å². The van der Waals surface area contributed by atoms with Gasteiger partial charge in [0.2, 0.25) is 5.75 Å². The summed E-state index contributed by atoms with van der Waals surface area (Å²) >= 11 is 3.09. The Morgan fingerprint density at radius 1 is 1.28 bits per heavy atom. The number of hydrogen-bond acceptors (Lipinski definition) is 6. The summed E-state index contributed by atoms with van der Waals surface area (Å²) in [5.74, 6) is -0.871. The van der Waals surface area contributed by atoms with Gasteiger partial charge >= 0.3 is 11.7 Å². The van der Waals surface area contributed by atoms with Crippen LogP contribution in [0.1, 0.15) is 10.4 Å². The Labute approximate surface area is 111 Å². The van der Waals surface area contributed by atoms with Crippen LogP contribution in [0.5, 0.6) is 11.5 Å². The minimum absolute atomic E-state index is 0.115. The van der Waals surface area contributed by atoms with E-state index in [9.17, 15) is 14.9 Å². The van der Waals surface area contributed by atoms with E-state index in [1.54, 1.807) is 0 Å². The number of hydrogen-bond donors (Lipinski definition) is 0. The van der Waals surface area contributed by atoms with Crippen LogP contribution in [-0.2, 0) is 4.74 Å². The molecule has 0 radical (unpaired) electrons. The van der Waals surface area contributed by atoms with Crippen molar-refractivity contribution in [3.05, 3.63) is 26.2 Å². The van der Waals surface area contributed by atoms with Crippen LogP contribution in [0.3, 0.4) is 0 Å². The second kappa shape index (κ2) is 5.67. The summed E-state index contributed by atoms with van der Waals surface area (Å²) in [4.78, 5) is 21.9. The van der Waals surface area contributed by atoms with Crippen LogP contribution in [0.4, 0.5) is 5.69 Å². The molecule has 0 unspecified atom stereocenters. The number of esters is 1. The highest BCUT2D eigenvalue weighted by molar-refractivity contribution is 9.10. The predicted octanol–water partition coefficient (Wildman–Crippen LogP) is 2.16. The fourth-order valence-corrected chi connectivity index (χ4v) is 2.01. The molecule has 18 heavy (non-hydrogen) atoms. The number of ether oxygens (including phenoxy) is 3. The van der Waals surface area contributed by atoms with Gasteiger partial charge in [-0.15, -0.1) is 0 Å². The standard InChI is InChI=1S/C10H10BrNO6/c1-16-8-5(11)4-6(12(14)15)9(17-2)7(8)10(13)18-3/h4H,1-3H3. The lowest BCUT2D eigenvalue weighted by molar-refractivity contribution is -0.385. The van der Waals surface area contributed by atoms with Gasteiger partial charge in [-0.25, -0.2) is 4.79 Å². The van der Waals surface area contributed by atoms with Crippen LogP contribution in [0.15, 0.2) is 10.5 Å². The highest BCUT2D eigenvalue weighted by Gasteiger charge is 2.30. The molecule has 0 heterocycles. The van der Waals surface area contributed by atoms with Gasteiger partial charge in [-0.3, -0.25) is 10.1 Å². The number of nitrogens with zero attached hydrogens (tertiary/aromatic N) is 1. The number of rotatable bonds is 4. The van der Waals surface area contributed by atoms with Gasteiger partial charge in [0.15, 0.2) is 11.3 Å². The number of halogens is 1. The quantitative estimate of drug-likeness (QED) is 0.480. The Balaban J connectivity index is 3.70. The van der Waals surface area contributed by atoms with Gasteiger partial charge in [0.05, 0.1) is 30.7 Å². The Morgan fingerprint density at radius 3 is 2.22 bits per heavy atom. The van der Waals surface area contributed by atoms with Gasteiger partial charge in [0.25, 0.3) is 0 Å². The van der Waals surface area contributed by atoms with E-state index >= 15 is 0 Å². The molecule has 0 spiro atoms. The summed E-state index contributed by atoms with van der Waals surface area (Å²) in [6.45, 7) is 0. The van der Waals surface area contributed by atoms with Gasteiger partial charge in [0.1, 0.15) is 0 Å². The molecule has 1 rings (SSSR count). The van der Waals surface area contributed by atoms with Crippen molar-refractivity contribution in [3.8, 4) is 11.5 Å². The minimum atomic E-state index is -0.784. The van der Waals surface area contributed by atoms with E-state index in [1.807, 2.05) is 0 Å². The van der Waals surface area contributed by atoms with E-state index in [4.69, 9.17) is 9.47 Å². The Morgan fingerprint density at radius 2 is 1.83 bits per heavy atom. The summed E-state index contributed by atoms with van der Waals surface area (Å²) in [5.41, 5.74) is -0.492. The molecule has 0 aliphatic carbocycles. The zero-order valence-corrected chi connectivity index (χ0v) is 11.4. The normalized spacial score (nSPS) is 9.78. The molecule has 0 amide bonds. The summed E-state index contributed by atoms with van der Waals surface area (Å²) in [6.07, 6.45) is 0. The van der Waals surface area contributed by atoms with Crippen LogP contribution < -0.4 is 9.47 Å². The summed E-state index contributed by atoms with van der Waals surface area (Å²) < 4.78 is 14.8. The molecule has 0 atom stereocenters.